The highest BCUT2D eigenvalue weighted by Gasteiger charge is 2.16. The lowest BCUT2D eigenvalue weighted by Crippen LogP contribution is -2.12. The summed E-state index contributed by atoms with van der Waals surface area (Å²) in [5.41, 5.74) is 6.70. The Morgan fingerprint density at radius 1 is 0.889 bits per heavy atom. The summed E-state index contributed by atoms with van der Waals surface area (Å²) >= 11 is 1.43. The molecule has 0 fully saturated rings. The van der Waals surface area contributed by atoms with Crippen LogP contribution in [0.15, 0.2) is 84.5 Å². The highest BCUT2D eigenvalue weighted by Crippen LogP contribution is 2.30. The molecule has 4 aromatic heterocycles. The number of hydrogen-bond donors (Lipinski definition) is 1. The molecule has 1 amide bonds. The lowest BCUT2D eigenvalue weighted by Gasteiger charge is -2.03. The number of anilines is 1. The predicted molar refractivity (Wildman–Crippen MR) is 141 cm³/mol. The van der Waals surface area contributed by atoms with Gasteiger partial charge in [0.25, 0.3) is 5.91 Å². The summed E-state index contributed by atoms with van der Waals surface area (Å²) in [6.45, 7) is 2.06. The Morgan fingerprint density at radius 2 is 1.69 bits per heavy atom. The van der Waals surface area contributed by atoms with Gasteiger partial charge in [0.2, 0.25) is 0 Å². The topological polar surface area (TPSA) is 90.0 Å². The number of aryl methyl sites for hydroxylation is 2. The van der Waals surface area contributed by atoms with Crippen LogP contribution >= 0.6 is 11.3 Å². The predicted octanol–water partition coefficient (Wildman–Crippen LogP) is 5.48. The first-order valence-electron chi connectivity index (χ1n) is 11.3. The minimum atomic E-state index is -0.314. The van der Waals surface area contributed by atoms with Gasteiger partial charge in [-0.2, -0.15) is 10.2 Å². The smallest absolute Gasteiger partial charge is 0.276 e. The summed E-state index contributed by atoms with van der Waals surface area (Å²) in [5, 5.41) is 14.8. The summed E-state index contributed by atoms with van der Waals surface area (Å²) in [6, 6.07) is 21.8. The molecule has 0 aliphatic rings. The second-order valence-electron chi connectivity index (χ2n) is 8.44. The Labute approximate surface area is 210 Å². The van der Waals surface area contributed by atoms with E-state index in [-0.39, 0.29) is 5.91 Å². The molecule has 6 aromatic rings. The van der Waals surface area contributed by atoms with Crippen molar-refractivity contribution >= 4 is 28.7 Å². The van der Waals surface area contributed by atoms with Gasteiger partial charge in [0.15, 0.2) is 11.5 Å². The standard InChI is InChI=1S/C27H21N7OS/c1-17-8-10-18(11-9-17)25-20(14-33(2)32-25)21-12-13-24-29-23(15-34(24)31-21)30-26(35)22-16-36-27(28-22)19-6-4-3-5-7-19/h3-16H,1-2H3,(H,30,35). The van der Waals surface area contributed by atoms with Gasteiger partial charge in [0, 0.05) is 35.3 Å². The van der Waals surface area contributed by atoms with E-state index in [2.05, 4.69) is 51.6 Å². The number of nitrogens with zero attached hydrogens (tertiary/aromatic N) is 6. The van der Waals surface area contributed by atoms with Gasteiger partial charge in [-0.3, -0.25) is 9.48 Å². The molecule has 4 heterocycles. The molecule has 0 aliphatic carbocycles. The number of hydrogen-bond acceptors (Lipinski definition) is 6. The fourth-order valence-electron chi connectivity index (χ4n) is 3.96. The first kappa shape index (κ1) is 21.9. The van der Waals surface area contributed by atoms with Crippen LogP contribution in [0.25, 0.3) is 38.7 Å². The zero-order valence-electron chi connectivity index (χ0n) is 19.6. The molecule has 0 spiro atoms. The van der Waals surface area contributed by atoms with Crippen molar-refractivity contribution in [1.29, 1.82) is 0 Å². The molecular formula is C27H21N7OS. The van der Waals surface area contributed by atoms with Crippen LogP contribution < -0.4 is 5.32 Å². The van der Waals surface area contributed by atoms with E-state index in [9.17, 15) is 4.79 Å². The van der Waals surface area contributed by atoms with E-state index >= 15 is 0 Å². The van der Waals surface area contributed by atoms with Crippen LogP contribution in [0.5, 0.6) is 0 Å². The normalized spacial score (nSPS) is 11.2. The third-order valence-electron chi connectivity index (χ3n) is 5.75. The van der Waals surface area contributed by atoms with Gasteiger partial charge in [-0.15, -0.1) is 11.3 Å². The Bertz CT molecular complexity index is 1700. The fraction of sp³-hybridized carbons (Fsp3) is 0.0741. The number of fused-ring (bicyclic) bond motifs is 1. The molecule has 0 radical (unpaired) electrons. The first-order valence-corrected chi connectivity index (χ1v) is 12.2. The minimum absolute atomic E-state index is 0.314. The second kappa shape index (κ2) is 8.86. The van der Waals surface area contributed by atoms with E-state index in [0.29, 0.717) is 17.2 Å². The van der Waals surface area contributed by atoms with Crippen molar-refractivity contribution in [3.05, 3.63) is 95.8 Å². The number of benzene rings is 2. The van der Waals surface area contributed by atoms with Crippen LogP contribution in [0, 0.1) is 6.92 Å². The molecule has 6 rings (SSSR count). The zero-order valence-corrected chi connectivity index (χ0v) is 20.4. The molecule has 1 N–H and O–H groups in total. The molecule has 8 nitrogen and oxygen atoms in total. The largest absolute Gasteiger partial charge is 0.304 e. The molecule has 0 saturated carbocycles. The van der Waals surface area contributed by atoms with E-state index in [1.807, 2.05) is 55.7 Å². The van der Waals surface area contributed by atoms with Crippen LogP contribution in [0.1, 0.15) is 16.1 Å². The van der Waals surface area contributed by atoms with Crippen molar-refractivity contribution < 1.29 is 4.79 Å². The van der Waals surface area contributed by atoms with Crippen molar-refractivity contribution in [2.75, 3.05) is 5.32 Å². The van der Waals surface area contributed by atoms with E-state index in [1.54, 1.807) is 20.8 Å². The van der Waals surface area contributed by atoms with E-state index in [0.717, 1.165) is 33.1 Å². The van der Waals surface area contributed by atoms with Gasteiger partial charge in [-0.1, -0.05) is 60.2 Å². The van der Waals surface area contributed by atoms with Gasteiger partial charge in [0.05, 0.1) is 11.9 Å². The molecular weight excluding hydrogens is 470 g/mol. The summed E-state index contributed by atoms with van der Waals surface area (Å²) in [4.78, 5) is 21.8. The number of carbonyl (C=O) groups excluding carboxylic acids is 1. The maximum absolute atomic E-state index is 12.8. The quantitative estimate of drug-likeness (QED) is 0.345. The number of rotatable bonds is 5. The van der Waals surface area contributed by atoms with Gasteiger partial charge in [-0.05, 0) is 19.1 Å². The number of imidazole rings is 1. The van der Waals surface area contributed by atoms with Crippen molar-refractivity contribution in [2.24, 2.45) is 7.05 Å². The number of thiazole rings is 1. The van der Waals surface area contributed by atoms with Crippen molar-refractivity contribution in [1.82, 2.24) is 29.4 Å². The third-order valence-corrected chi connectivity index (χ3v) is 6.64. The van der Waals surface area contributed by atoms with Crippen molar-refractivity contribution in [3.8, 4) is 33.1 Å². The highest BCUT2D eigenvalue weighted by molar-refractivity contribution is 7.13. The Hall–Kier alpha value is -4.63. The number of amides is 1. The molecule has 9 heteroatoms. The van der Waals surface area contributed by atoms with E-state index < -0.39 is 0 Å². The summed E-state index contributed by atoms with van der Waals surface area (Å²) < 4.78 is 3.45. The van der Waals surface area contributed by atoms with Crippen molar-refractivity contribution in [3.63, 3.8) is 0 Å². The summed E-state index contributed by atoms with van der Waals surface area (Å²) in [7, 11) is 1.90. The molecule has 0 unspecified atom stereocenters. The zero-order chi connectivity index (χ0) is 24.6. The second-order valence-corrected chi connectivity index (χ2v) is 9.29. The minimum Gasteiger partial charge on any atom is -0.304 e. The number of nitrogens with one attached hydrogen (secondary N) is 1. The molecule has 2 aromatic carbocycles. The fourth-order valence-corrected chi connectivity index (χ4v) is 4.76. The van der Waals surface area contributed by atoms with Crippen LogP contribution in [0.3, 0.4) is 0 Å². The van der Waals surface area contributed by atoms with Gasteiger partial charge in [-0.25, -0.2) is 14.5 Å². The van der Waals surface area contributed by atoms with Crippen LogP contribution in [-0.4, -0.2) is 35.3 Å². The lowest BCUT2D eigenvalue weighted by atomic mass is 10.0. The average Bonchev–Trinajstić information content (AvgIpc) is 3.62. The van der Waals surface area contributed by atoms with Crippen molar-refractivity contribution in [2.45, 2.75) is 6.92 Å². The summed E-state index contributed by atoms with van der Waals surface area (Å²) in [6.07, 6.45) is 3.65. The van der Waals surface area contributed by atoms with Gasteiger partial charge in [0.1, 0.15) is 16.4 Å². The maximum atomic E-state index is 12.8. The van der Waals surface area contributed by atoms with Gasteiger partial charge < -0.3 is 5.32 Å². The van der Waals surface area contributed by atoms with Crippen LogP contribution in [-0.2, 0) is 7.05 Å². The molecule has 0 saturated heterocycles. The Balaban J connectivity index is 1.27. The van der Waals surface area contributed by atoms with Crippen LogP contribution in [0.2, 0.25) is 0 Å². The SMILES string of the molecule is Cc1ccc(-c2nn(C)cc2-c2ccc3nc(NC(=O)c4csc(-c5ccccc5)n4)cn3n2)cc1. The van der Waals surface area contributed by atoms with E-state index in [1.165, 1.54) is 16.9 Å². The molecule has 36 heavy (non-hydrogen) atoms. The highest BCUT2D eigenvalue weighted by atomic mass is 32.1. The van der Waals surface area contributed by atoms with Gasteiger partial charge >= 0.3 is 0 Å². The average molecular weight is 492 g/mol. The number of aromatic nitrogens is 6. The molecule has 0 bridgehead atoms. The van der Waals surface area contributed by atoms with E-state index in [4.69, 9.17) is 5.10 Å². The van der Waals surface area contributed by atoms with Crippen LogP contribution in [0.4, 0.5) is 5.82 Å². The first-order chi connectivity index (χ1) is 17.5. The molecule has 176 valence electrons. The molecule has 0 atom stereocenters. The Morgan fingerprint density at radius 3 is 2.50 bits per heavy atom. The Kier molecular flexibility index (Phi) is 5.38. The third kappa shape index (κ3) is 4.16. The monoisotopic (exact) mass is 491 g/mol. The lowest BCUT2D eigenvalue weighted by molar-refractivity contribution is 0.102. The molecule has 0 aliphatic heterocycles. The number of carbonyl (C=O) groups is 1. The maximum Gasteiger partial charge on any atom is 0.276 e. The summed E-state index contributed by atoms with van der Waals surface area (Å²) in [5.74, 6) is 0.0924.